The number of morpholine rings is 1. The van der Waals surface area contributed by atoms with E-state index in [1.165, 1.54) is 5.56 Å². The molecule has 1 heterocycles. The van der Waals surface area contributed by atoms with E-state index < -0.39 is 5.54 Å². The van der Waals surface area contributed by atoms with Gasteiger partial charge in [-0.05, 0) is 24.6 Å². The molecule has 0 spiro atoms. The van der Waals surface area contributed by atoms with E-state index in [0.717, 1.165) is 37.2 Å². The summed E-state index contributed by atoms with van der Waals surface area (Å²) in [7, 11) is 0. The minimum Gasteiger partial charge on any atom is -0.379 e. The van der Waals surface area contributed by atoms with Crippen molar-refractivity contribution in [2.75, 3.05) is 26.3 Å². The van der Waals surface area contributed by atoms with Crippen LogP contribution in [0.4, 0.5) is 0 Å². The van der Waals surface area contributed by atoms with Crippen molar-refractivity contribution < 1.29 is 4.74 Å². The van der Waals surface area contributed by atoms with Gasteiger partial charge in [-0.25, -0.2) is 0 Å². The van der Waals surface area contributed by atoms with Crippen molar-refractivity contribution in [1.82, 2.24) is 4.90 Å². The minimum absolute atomic E-state index is 0.454. The summed E-state index contributed by atoms with van der Waals surface area (Å²) < 4.78 is 6.41. The number of ether oxygens (including phenoxy) is 1. The molecule has 1 aliphatic rings. The van der Waals surface area contributed by atoms with Crippen LogP contribution in [0.3, 0.4) is 0 Å². The first-order chi connectivity index (χ1) is 8.64. The van der Waals surface area contributed by atoms with Crippen LogP contribution in [0, 0.1) is 11.3 Å². The lowest BCUT2D eigenvalue weighted by molar-refractivity contribution is 0.00189. The summed E-state index contributed by atoms with van der Waals surface area (Å²) in [6, 6.07) is 10.6. The highest BCUT2D eigenvalue weighted by Crippen LogP contribution is 2.23. The van der Waals surface area contributed by atoms with Gasteiger partial charge in [-0.3, -0.25) is 4.90 Å². The lowest BCUT2D eigenvalue weighted by Gasteiger charge is -2.38. The lowest BCUT2D eigenvalue weighted by atomic mass is 9.92. The topological polar surface area (TPSA) is 36.3 Å². The van der Waals surface area contributed by atoms with E-state index in [0.29, 0.717) is 0 Å². The van der Waals surface area contributed by atoms with Gasteiger partial charge in [0, 0.05) is 24.0 Å². The number of halogens is 1. The summed E-state index contributed by atoms with van der Waals surface area (Å²) in [4.78, 5) is 2.22. The van der Waals surface area contributed by atoms with Gasteiger partial charge in [0.1, 0.15) is 5.54 Å². The van der Waals surface area contributed by atoms with E-state index >= 15 is 0 Å². The maximum Gasteiger partial charge on any atom is 0.110 e. The van der Waals surface area contributed by atoms with Gasteiger partial charge >= 0.3 is 0 Å². The summed E-state index contributed by atoms with van der Waals surface area (Å²) in [5, 5.41) is 9.52. The van der Waals surface area contributed by atoms with E-state index in [2.05, 4.69) is 39.0 Å². The molecule has 18 heavy (non-hydrogen) atoms. The van der Waals surface area contributed by atoms with Gasteiger partial charge in [-0.2, -0.15) is 5.26 Å². The van der Waals surface area contributed by atoms with Crippen LogP contribution in [0.25, 0.3) is 0 Å². The average molecular weight is 309 g/mol. The number of hydrogen-bond acceptors (Lipinski definition) is 3. The molecule has 0 amide bonds. The maximum absolute atomic E-state index is 9.52. The van der Waals surface area contributed by atoms with E-state index in [4.69, 9.17) is 4.74 Å². The molecule has 1 atom stereocenters. The van der Waals surface area contributed by atoms with Crippen LogP contribution in [0.2, 0.25) is 0 Å². The summed E-state index contributed by atoms with van der Waals surface area (Å²) >= 11 is 3.47. The molecule has 3 nitrogen and oxygen atoms in total. The van der Waals surface area contributed by atoms with Crippen molar-refractivity contribution >= 4 is 15.9 Å². The highest BCUT2D eigenvalue weighted by atomic mass is 79.9. The SMILES string of the molecule is CC(C#N)(Cc1cccc(Br)c1)N1CCOCC1. The van der Waals surface area contributed by atoms with Gasteiger partial charge in [0.2, 0.25) is 0 Å². The second kappa shape index (κ2) is 5.83. The molecule has 1 aliphatic heterocycles. The van der Waals surface area contributed by atoms with Crippen LogP contribution in [0.15, 0.2) is 28.7 Å². The fraction of sp³-hybridized carbons (Fsp3) is 0.500. The quantitative estimate of drug-likeness (QED) is 0.861. The van der Waals surface area contributed by atoms with Gasteiger partial charge in [0.15, 0.2) is 0 Å². The number of nitriles is 1. The van der Waals surface area contributed by atoms with Crippen molar-refractivity contribution in [2.24, 2.45) is 0 Å². The number of benzene rings is 1. The van der Waals surface area contributed by atoms with E-state index in [1.807, 2.05) is 19.1 Å². The lowest BCUT2D eigenvalue weighted by Crippen LogP contribution is -2.52. The Labute approximate surface area is 116 Å². The number of rotatable bonds is 3. The molecule has 4 heteroatoms. The predicted molar refractivity (Wildman–Crippen MR) is 74.3 cm³/mol. The molecule has 0 bridgehead atoms. The highest BCUT2D eigenvalue weighted by Gasteiger charge is 2.33. The Morgan fingerprint density at radius 1 is 1.44 bits per heavy atom. The smallest absolute Gasteiger partial charge is 0.110 e. The molecule has 0 aromatic heterocycles. The van der Waals surface area contributed by atoms with Gasteiger partial charge < -0.3 is 4.74 Å². The van der Waals surface area contributed by atoms with Gasteiger partial charge in [-0.1, -0.05) is 28.1 Å². The monoisotopic (exact) mass is 308 g/mol. The Morgan fingerprint density at radius 3 is 2.78 bits per heavy atom. The van der Waals surface area contributed by atoms with Crippen LogP contribution in [0.1, 0.15) is 12.5 Å². The molecule has 1 aromatic rings. The molecule has 96 valence electrons. The van der Waals surface area contributed by atoms with Gasteiger partial charge in [-0.15, -0.1) is 0 Å². The van der Waals surface area contributed by atoms with Crippen molar-refractivity contribution in [3.05, 3.63) is 34.3 Å². The first kappa shape index (κ1) is 13.5. The maximum atomic E-state index is 9.52. The molecule has 0 saturated carbocycles. The molecule has 0 N–H and O–H groups in total. The van der Waals surface area contributed by atoms with Crippen LogP contribution in [0.5, 0.6) is 0 Å². The highest BCUT2D eigenvalue weighted by molar-refractivity contribution is 9.10. The molecule has 0 radical (unpaired) electrons. The first-order valence-electron chi connectivity index (χ1n) is 6.12. The predicted octanol–water partition coefficient (Wildman–Crippen LogP) is 2.61. The molecular weight excluding hydrogens is 292 g/mol. The molecule has 0 aliphatic carbocycles. The minimum atomic E-state index is -0.454. The Kier molecular flexibility index (Phi) is 4.39. The zero-order chi connectivity index (χ0) is 13.0. The van der Waals surface area contributed by atoms with Crippen molar-refractivity contribution in [1.29, 1.82) is 5.26 Å². The van der Waals surface area contributed by atoms with Crippen LogP contribution < -0.4 is 0 Å². The zero-order valence-corrected chi connectivity index (χ0v) is 12.1. The third kappa shape index (κ3) is 3.11. The Bertz CT molecular complexity index is 451. The summed E-state index contributed by atoms with van der Waals surface area (Å²) in [6.07, 6.45) is 0.739. The van der Waals surface area contributed by atoms with Gasteiger partial charge in [0.25, 0.3) is 0 Å². The van der Waals surface area contributed by atoms with E-state index in [1.54, 1.807) is 0 Å². The number of hydrogen-bond donors (Lipinski definition) is 0. The fourth-order valence-electron chi connectivity index (χ4n) is 2.32. The van der Waals surface area contributed by atoms with E-state index in [9.17, 15) is 5.26 Å². The van der Waals surface area contributed by atoms with Crippen molar-refractivity contribution in [3.8, 4) is 6.07 Å². The summed E-state index contributed by atoms with van der Waals surface area (Å²) in [6.45, 7) is 5.11. The van der Waals surface area contributed by atoms with Gasteiger partial charge in [0.05, 0.1) is 19.3 Å². The average Bonchev–Trinajstić information content (AvgIpc) is 2.39. The standard InChI is InChI=1S/C14H17BrN2O/c1-14(11-16,17-5-7-18-8-6-17)10-12-3-2-4-13(15)9-12/h2-4,9H,5-8,10H2,1H3. The molecule has 1 fully saturated rings. The molecule has 1 aromatic carbocycles. The summed E-state index contributed by atoms with van der Waals surface area (Å²) in [5.74, 6) is 0. The Hall–Kier alpha value is -0.890. The molecular formula is C14H17BrN2O. The van der Waals surface area contributed by atoms with Crippen molar-refractivity contribution in [3.63, 3.8) is 0 Å². The molecule has 1 unspecified atom stereocenters. The summed E-state index contributed by atoms with van der Waals surface area (Å²) in [5.41, 5.74) is 0.727. The largest absolute Gasteiger partial charge is 0.379 e. The van der Waals surface area contributed by atoms with Crippen LogP contribution in [-0.2, 0) is 11.2 Å². The van der Waals surface area contributed by atoms with Crippen molar-refractivity contribution in [2.45, 2.75) is 18.9 Å². The Morgan fingerprint density at radius 2 is 2.17 bits per heavy atom. The normalized spacial score (nSPS) is 20.1. The first-order valence-corrected chi connectivity index (χ1v) is 6.92. The third-order valence-corrected chi connectivity index (χ3v) is 3.88. The van der Waals surface area contributed by atoms with Crippen LogP contribution >= 0.6 is 15.9 Å². The number of nitrogens with zero attached hydrogens (tertiary/aromatic N) is 2. The van der Waals surface area contributed by atoms with E-state index in [-0.39, 0.29) is 0 Å². The Balaban J connectivity index is 2.15. The molecule has 1 saturated heterocycles. The second-order valence-corrected chi connectivity index (χ2v) is 5.71. The second-order valence-electron chi connectivity index (χ2n) is 4.79. The van der Waals surface area contributed by atoms with Crippen LogP contribution in [-0.4, -0.2) is 36.7 Å². The fourth-order valence-corrected chi connectivity index (χ4v) is 2.77. The zero-order valence-electron chi connectivity index (χ0n) is 10.5. The molecule has 2 rings (SSSR count). The third-order valence-electron chi connectivity index (χ3n) is 3.39.